The Morgan fingerprint density at radius 2 is 1.52 bits per heavy atom. The monoisotopic (exact) mass is 1190 g/mol. The standard InChI is InChI=1S/C49H54ClF10N7O8S2.C2H6/c1-46(2,77(5)70)12-10-32-6-7-33(41(63-32)37(24-29-22-30(51)25-31(52)23-29)64-38(68)26-62-44-35(11-13-47(44,53)54)43(61)49(58,59)60)34-8-9-36(50)40-42(34)66(28-48(55,56)57)65-45(40)67(76-4)39(69)27-75-21-20-74-19-18-73-17-16-72-15-14-71-3;1-2/h6-9,22-23,25,37H,11,13-21,24,26-28,61H2,1-5H3,(H,64,68);1-2H3/b43-35-,62-44?;. The van der Waals surface area contributed by atoms with Crippen LogP contribution in [-0.4, -0.2) is 145 Å². The number of aromatic nitrogens is 3. The second-order valence-corrected chi connectivity index (χ2v) is 20.4. The Bertz CT molecular complexity index is 2870. The number of hydrogen-bond acceptors (Lipinski definition) is 13. The van der Waals surface area contributed by atoms with E-state index < -0.39 is 119 Å². The van der Waals surface area contributed by atoms with Crippen LogP contribution in [0.15, 0.2) is 58.7 Å². The number of ether oxygens (including phenoxy) is 5. The van der Waals surface area contributed by atoms with Crippen LogP contribution in [0.1, 0.15) is 63.5 Å². The average Bonchev–Trinajstić information content (AvgIpc) is 4.14. The first-order chi connectivity index (χ1) is 37.2. The van der Waals surface area contributed by atoms with Crippen LogP contribution in [0.2, 0.25) is 5.02 Å². The number of halogens is 11. The molecular formula is C51H60ClF10N7O8S2. The third kappa shape index (κ3) is 19.1. The molecule has 2 unspecified atom stereocenters. The normalized spacial score (nSPS) is 15.5. The molecular weight excluding hydrogens is 1130 g/mol. The Labute approximate surface area is 461 Å². The van der Waals surface area contributed by atoms with Crippen molar-refractivity contribution >= 4 is 68.6 Å². The maximum atomic E-state index is 15.1. The second-order valence-electron chi connectivity index (χ2n) is 17.4. The number of methoxy groups -OCH3 is 1. The molecule has 2 heterocycles. The minimum atomic E-state index is -5.23. The Balaban J connectivity index is 0.00000664. The maximum absolute atomic E-state index is 15.1. The first kappa shape index (κ1) is 66.2. The smallest absolute Gasteiger partial charge is 0.394 e. The molecule has 0 bridgehead atoms. The summed E-state index contributed by atoms with van der Waals surface area (Å²) in [6, 6.07) is 5.90. The lowest BCUT2D eigenvalue weighted by Crippen LogP contribution is -2.34. The SMILES string of the molecule is CC.COCCOCCOCCOCCOCC(=O)N(SC)c1nn(CC(F)(F)F)c2c(-c3ccc(C#CC(C)(C)S(C)=O)nc3C(Cc3cc(F)cc(F)c3)NC(=O)CN=C3/C(=C(\N)C(F)(F)F)CCC3(F)F)ccc(Cl)c12. The molecule has 2 aromatic carbocycles. The lowest BCUT2D eigenvalue weighted by atomic mass is 9.93. The lowest BCUT2D eigenvalue weighted by Gasteiger charge is -2.23. The molecule has 79 heavy (non-hydrogen) atoms. The number of fused-ring (bicyclic) bond motifs is 1. The van der Waals surface area contributed by atoms with E-state index in [1.165, 1.54) is 36.8 Å². The fraction of sp³-hybridized carbons (Fsp3) is 0.510. The van der Waals surface area contributed by atoms with Crippen molar-refractivity contribution in [3.8, 4) is 23.0 Å². The summed E-state index contributed by atoms with van der Waals surface area (Å²) in [5, 5.41) is 6.36. The molecule has 2 amide bonds. The first-order valence-corrected chi connectivity index (χ1v) is 27.3. The van der Waals surface area contributed by atoms with E-state index in [1.807, 2.05) is 13.8 Å². The molecule has 1 saturated carbocycles. The molecule has 436 valence electrons. The third-order valence-electron chi connectivity index (χ3n) is 11.3. The summed E-state index contributed by atoms with van der Waals surface area (Å²) in [6.07, 6.45) is -9.86. The summed E-state index contributed by atoms with van der Waals surface area (Å²) in [4.78, 5) is 35.9. The van der Waals surface area contributed by atoms with Gasteiger partial charge in [-0.15, -0.1) is 0 Å². The number of anilines is 1. The Hall–Kier alpha value is -5.34. The molecule has 2 atom stereocenters. The number of allylic oxidation sites excluding steroid dienone is 2. The van der Waals surface area contributed by atoms with Gasteiger partial charge >= 0.3 is 12.4 Å². The van der Waals surface area contributed by atoms with Crippen LogP contribution < -0.4 is 15.4 Å². The second kappa shape index (κ2) is 29.9. The van der Waals surface area contributed by atoms with Gasteiger partial charge in [0.15, 0.2) is 5.82 Å². The molecule has 28 heteroatoms. The number of rotatable bonds is 25. The van der Waals surface area contributed by atoms with Gasteiger partial charge in [0.05, 0.1) is 80.5 Å². The number of aliphatic imine (C=N–C) groups is 1. The number of nitrogens with zero attached hydrogens (tertiary/aromatic N) is 5. The number of carbonyl (C=O) groups is 2. The van der Waals surface area contributed by atoms with Crippen molar-refractivity contribution in [1.82, 2.24) is 20.1 Å². The highest BCUT2D eigenvalue weighted by molar-refractivity contribution is 8.00. The van der Waals surface area contributed by atoms with Crippen molar-refractivity contribution in [1.29, 1.82) is 0 Å². The van der Waals surface area contributed by atoms with Gasteiger partial charge < -0.3 is 34.7 Å². The van der Waals surface area contributed by atoms with E-state index in [0.29, 0.717) is 37.2 Å². The summed E-state index contributed by atoms with van der Waals surface area (Å²) < 4.78 is 184. The molecule has 4 aromatic rings. The van der Waals surface area contributed by atoms with Crippen molar-refractivity contribution in [3.05, 3.63) is 87.3 Å². The van der Waals surface area contributed by atoms with Gasteiger partial charge in [-0.3, -0.25) is 23.5 Å². The Morgan fingerprint density at radius 1 is 0.937 bits per heavy atom. The number of carbonyl (C=O) groups excluding carboxylic acids is 2. The van der Waals surface area contributed by atoms with Gasteiger partial charge in [-0.1, -0.05) is 37.4 Å². The highest BCUT2D eigenvalue weighted by Gasteiger charge is 2.48. The molecule has 0 aliphatic heterocycles. The lowest BCUT2D eigenvalue weighted by molar-refractivity contribution is -0.141. The number of nitrogens with one attached hydrogen (secondary N) is 1. The minimum Gasteiger partial charge on any atom is -0.394 e. The van der Waals surface area contributed by atoms with E-state index in [9.17, 15) is 48.9 Å². The number of alkyl halides is 8. The van der Waals surface area contributed by atoms with Gasteiger partial charge in [0.25, 0.3) is 11.8 Å². The summed E-state index contributed by atoms with van der Waals surface area (Å²) in [6.45, 7) is 5.46. The van der Waals surface area contributed by atoms with Crippen molar-refractivity contribution in [3.63, 3.8) is 0 Å². The van der Waals surface area contributed by atoms with E-state index in [1.54, 1.807) is 21.0 Å². The zero-order valence-electron chi connectivity index (χ0n) is 44.1. The summed E-state index contributed by atoms with van der Waals surface area (Å²) in [5.74, 6) is -2.85. The minimum absolute atomic E-state index is 0.0460. The van der Waals surface area contributed by atoms with Gasteiger partial charge in [0.1, 0.15) is 53.2 Å². The number of pyridine rings is 1. The van der Waals surface area contributed by atoms with Gasteiger partial charge in [-0.25, -0.2) is 18.1 Å². The maximum Gasteiger partial charge on any atom is 0.431 e. The third-order valence-corrected chi connectivity index (χ3v) is 13.9. The van der Waals surface area contributed by atoms with Gasteiger partial charge in [-0.2, -0.15) is 40.2 Å². The number of amides is 2. The fourth-order valence-corrected chi connectivity index (χ4v) is 8.50. The zero-order valence-corrected chi connectivity index (χ0v) is 46.5. The van der Waals surface area contributed by atoms with Crippen LogP contribution in [-0.2, 0) is 57.0 Å². The topological polar surface area (TPSA) is 182 Å². The highest BCUT2D eigenvalue weighted by atomic mass is 35.5. The number of hydrogen-bond donors (Lipinski definition) is 2. The summed E-state index contributed by atoms with van der Waals surface area (Å²) in [5.41, 5.74) is -0.105. The van der Waals surface area contributed by atoms with Crippen molar-refractivity contribution < 1.29 is 81.4 Å². The van der Waals surface area contributed by atoms with Crippen molar-refractivity contribution in [2.45, 2.75) is 82.6 Å². The molecule has 2 aromatic heterocycles. The van der Waals surface area contributed by atoms with Crippen LogP contribution in [0.3, 0.4) is 0 Å². The highest BCUT2D eigenvalue weighted by Crippen LogP contribution is 2.44. The molecule has 1 aliphatic carbocycles. The van der Waals surface area contributed by atoms with Crippen molar-refractivity contribution in [2.24, 2.45) is 10.7 Å². The van der Waals surface area contributed by atoms with Crippen LogP contribution in [0.25, 0.3) is 22.0 Å². The zero-order chi connectivity index (χ0) is 58.9. The van der Waals surface area contributed by atoms with Gasteiger partial charge in [0.2, 0.25) is 5.91 Å². The number of nitrogens with two attached hydrogens (primary N) is 1. The molecule has 0 spiro atoms. The molecule has 3 N–H and O–H groups in total. The van der Waals surface area contributed by atoms with E-state index in [0.717, 1.165) is 28.4 Å². The van der Waals surface area contributed by atoms with Gasteiger partial charge in [0, 0.05) is 59.6 Å². The molecule has 15 nitrogen and oxygen atoms in total. The van der Waals surface area contributed by atoms with Gasteiger partial charge in [-0.05, 0) is 80.5 Å². The molecule has 1 aliphatic rings. The summed E-state index contributed by atoms with van der Waals surface area (Å²) >= 11 is 7.54. The van der Waals surface area contributed by atoms with E-state index in [2.05, 4.69) is 32.2 Å². The van der Waals surface area contributed by atoms with Crippen LogP contribution in [0, 0.1) is 23.5 Å². The molecule has 0 radical (unpaired) electrons. The van der Waals surface area contributed by atoms with Crippen molar-refractivity contribution in [2.75, 3.05) is 89.9 Å². The van der Waals surface area contributed by atoms with E-state index in [-0.39, 0.29) is 76.2 Å². The molecule has 0 saturated heterocycles. The van der Waals surface area contributed by atoms with Crippen LogP contribution in [0.5, 0.6) is 0 Å². The van der Waals surface area contributed by atoms with Crippen LogP contribution in [0.4, 0.5) is 49.7 Å². The fourth-order valence-electron chi connectivity index (χ4n) is 7.51. The average molecular weight is 1190 g/mol. The first-order valence-electron chi connectivity index (χ1n) is 24.2. The van der Waals surface area contributed by atoms with E-state index >= 15 is 8.78 Å². The quantitative estimate of drug-likeness (QED) is 0.0278. The Kier molecular flexibility index (Phi) is 25.1. The van der Waals surface area contributed by atoms with E-state index in [4.69, 9.17) is 41.0 Å². The summed E-state index contributed by atoms with van der Waals surface area (Å²) in [7, 11) is 0.0168. The predicted octanol–water partition coefficient (Wildman–Crippen LogP) is 9.50. The van der Waals surface area contributed by atoms with Crippen LogP contribution >= 0.6 is 23.5 Å². The predicted molar refractivity (Wildman–Crippen MR) is 281 cm³/mol. The largest absolute Gasteiger partial charge is 0.431 e. The Morgan fingerprint density at radius 3 is 2.08 bits per heavy atom. The molecule has 5 rings (SSSR count). The number of benzene rings is 2. The molecule has 1 fully saturated rings.